The van der Waals surface area contributed by atoms with Crippen LogP contribution in [0.2, 0.25) is 0 Å². The molecule has 1 aromatic carbocycles. The van der Waals surface area contributed by atoms with Crippen LogP contribution in [0, 0.1) is 0 Å². The Bertz CT molecular complexity index is 495. The number of nitrogens with zero attached hydrogens (tertiary/aromatic N) is 1. The number of hydrogen-bond acceptors (Lipinski definition) is 5. The smallest absolute Gasteiger partial charge is 0.395 e. The van der Waals surface area contributed by atoms with Gasteiger partial charge in [0.1, 0.15) is 0 Å². The van der Waals surface area contributed by atoms with Gasteiger partial charge in [0, 0.05) is 12.7 Å². The molecule has 0 saturated carbocycles. The first-order valence-electron chi connectivity index (χ1n) is 5.40. The fourth-order valence-electron chi connectivity index (χ4n) is 2.33. The summed E-state index contributed by atoms with van der Waals surface area (Å²) in [6.45, 7) is 0. The average Bonchev–Trinajstić information content (AvgIpc) is 2.62. The maximum absolute atomic E-state index is 11.2. The predicted molar refractivity (Wildman–Crippen MR) is 58.1 cm³/mol. The second kappa shape index (κ2) is 3.23. The monoisotopic (exact) mass is 233 g/mol. The van der Waals surface area contributed by atoms with Gasteiger partial charge in [-0.3, -0.25) is 0 Å². The van der Waals surface area contributed by atoms with Crippen LogP contribution in [0.5, 0.6) is 0 Å². The van der Waals surface area contributed by atoms with Crippen molar-refractivity contribution in [1.82, 2.24) is 0 Å². The van der Waals surface area contributed by atoms with Crippen LogP contribution in [0.15, 0.2) is 24.3 Å². The summed E-state index contributed by atoms with van der Waals surface area (Å²) in [5.41, 5.74) is 2.07. The topological polar surface area (TPSA) is 55.8 Å². The zero-order valence-corrected chi connectivity index (χ0v) is 9.30. The Morgan fingerprint density at radius 1 is 1.18 bits per heavy atom. The molecular formula is C12H11NO4. The summed E-state index contributed by atoms with van der Waals surface area (Å²) in [5, 5.41) is 0. The van der Waals surface area contributed by atoms with Crippen molar-refractivity contribution in [3.05, 3.63) is 29.8 Å². The molecule has 2 aliphatic heterocycles. The Kier molecular flexibility index (Phi) is 1.92. The lowest BCUT2D eigenvalue weighted by Gasteiger charge is -2.40. The van der Waals surface area contributed by atoms with Crippen molar-refractivity contribution in [3.8, 4) is 0 Å². The number of hydrogen-bond donors (Lipinski definition) is 0. The molecule has 0 atom stereocenters. The highest BCUT2D eigenvalue weighted by molar-refractivity contribution is 6.31. The summed E-state index contributed by atoms with van der Waals surface area (Å²) < 4.78 is 10.2. The van der Waals surface area contributed by atoms with E-state index in [1.807, 2.05) is 24.3 Å². The van der Waals surface area contributed by atoms with Crippen molar-refractivity contribution >= 4 is 17.6 Å². The molecule has 1 saturated heterocycles. The van der Waals surface area contributed by atoms with Crippen molar-refractivity contribution in [1.29, 1.82) is 0 Å². The standard InChI is InChI=1S/C12H11NO4/c1-13-9-5-3-2-4-8(9)6-7-12(13)16-10(14)11(15)17-12/h2-5H,6-7H2,1H3. The van der Waals surface area contributed by atoms with Gasteiger partial charge < -0.3 is 14.4 Å². The summed E-state index contributed by atoms with van der Waals surface area (Å²) in [4.78, 5) is 24.1. The van der Waals surface area contributed by atoms with Gasteiger partial charge in [0.15, 0.2) is 0 Å². The van der Waals surface area contributed by atoms with Crippen molar-refractivity contribution in [2.75, 3.05) is 11.9 Å². The molecule has 1 fully saturated rings. The Balaban J connectivity index is 2.02. The maximum atomic E-state index is 11.2. The van der Waals surface area contributed by atoms with E-state index < -0.39 is 17.8 Å². The molecule has 0 radical (unpaired) electrons. The fourth-order valence-corrected chi connectivity index (χ4v) is 2.33. The van der Waals surface area contributed by atoms with Gasteiger partial charge in [-0.15, -0.1) is 0 Å². The van der Waals surface area contributed by atoms with Crippen LogP contribution < -0.4 is 4.90 Å². The molecule has 0 unspecified atom stereocenters. The third-order valence-electron chi connectivity index (χ3n) is 3.25. The largest absolute Gasteiger partial charge is 0.422 e. The molecule has 2 heterocycles. The van der Waals surface area contributed by atoms with Crippen LogP contribution >= 0.6 is 0 Å². The molecule has 0 aromatic heterocycles. The van der Waals surface area contributed by atoms with Gasteiger partial charge in [-0.25, -0.2) is 9.59 Å². The molecule has 1 spiro atoms. The van der Waals surface area contributed by atoms with E-state index in [0.717, 1.165) is 11.3 Å². The molecule has 3 rings (SSSR count). The van der Waals surface area contributed by atoms with E-state index >= 15 is 0 Å². The molecular weight excluding hydrogens is 222 g/mol. The number of esters is 2. The van der Waals surface area contributed by atoms with E-state index in [2.05, 4.69) is 0 Å². The highest BCUT2D eigenvalue weighted by atomic mass is 16.8. The fraction of sp³-hybridized carbons (Fsp3) is 0.333. The van der Waals surface area contributed by atoms with Crippen LogP contribution in [0.1, 0.15) is 12.0 Å². The van der Waals surface area contributed by atoms with E-state index in [1.165, 1.54) is 0 Å². The number of aryl methyl sites for hydroxylation is 1. The lowest BCUT2D eigenvalue weighted by atomic mass is 9.99. The summed E-state index contributed by atoms with van der Waals surface area (Å²) in [5.74, 6) is -3.09. The van der Waals surface area contributed by atoms with Crippen molar-refractivity contribution in [2.24, 2.45) is 0 Å². The number of fused-ring (bicyclic) bond motifs is 1. The van der Waals surface area contributed by atoms with Crippen LogP contribution in [0.25, 0.3) is 0 Å². The maximum Gasteiger partial charge on any atom is 0.422 e. The molecule has 5 heteroatoms. The lowest BCUT2D eigenvalue weighted by molar-refractivity contribution is -0.181. The molecule has 0 amide bonds. The third kappa shape index (κ3) is 1.32. The van der Waals surface area contributed by atoms with Crippen molar-refractivity contribution in [3.63, 3.8) is 0 Å². The number of carbonyl (C=O) groups excluding carboxylic acids is 2. The summed E-state index contributed by atoms with van der Waals surface area (Å²) in [6.07, 6.45) is 1.17. The Hall–Kier alpha value is -2.04. The molecule has 1 aromatic rings. The van der Waals surface area contributed by atoms with Gasteiger partial charge >= 0.3 is 17.8 Å². The summed E-state index contributed by atoms with van der Waals surface area (Å²) in [7, 11) is 1.75. The van der Waals surface area contributed by atoms with Crippen molar-refractivity contribution < 1.29 is 19.1 Å². The molecule has 0 N–H and O–H groups in total. The van der Waals surface area contributed by atoms with E-state index in [-0.39, 0.29) is 0 Å². The number of benzene rings is 1. The number of rotatable bonds is 0. The lowest BCUT2D eigenvalue weighted by Crippen LogP contribution is -2.51. The first kappa shape index (κ1) is 10.1. The van der Waals surface area contributed by atoms with Gasteiger partial charge in [0.05, 0.1) is 6.42 Å². The molecule has 0 bridgehead atoms. The number of anilines is 1. The van der Waals surface area contributed by atoms with Crippen LogP contribution in [0.3, 0.4) is 0 Å². The summed E-state index contributed by atoms with van der Waals surface area (Å²) in [6, 6.07) is 7.78. The minimum atomic E-state index is -1.25. The Labute approximate surface area is 97.9 Å². The van der Waals surface area contributed by atoms with E-state index in [4.69, 9.17) is 9.47 Å². The van der Waals surface area contributed by atoms with E-state index in [0.29, 0.717) is 12.8 Å². The Morgan fingerprint density at radius 3 is 2.53 bits per heavy atom. The van der Waals surface area contributed by atoms with Crippen LogP contribution in [-0.4, -0.2) is 24.9 Å². The van der Waals surface area contributed by atoms with Gasteiger partial charge in [0.25, 0.3) is 0 Å². The number of para-hydroxylation sites is 1. The number of ether oxygens (including phenoxy) is 2. The first-order chi connectivity index (χ1) is 8.12. The molecule has 88 valence electrons. The quantitative estimate of drug-likeness (QED) is 0.490. The zero-order chi connectivity index (χ0) is 12.0. The molecule has 2 aliphatic rings. The second-order valence-corrected chi connectivity index (χ2v) is 4.18. The molecule has 5 nitrogen and oxygen atoms in total. The predicted octanol–water partition coefficient (Wildman–Crippen LogP) is 0.823. The normalized spacial score (nSPS) is 21.1. The van der Waals surface area contributed by atoms with Gasteiger partial charge in [-0.2, -0.15) is 0 Å². The minimum Gasteiger partial charge on any atom is -0.395 e. The van der Waals surface area contributed by atoms with Crippen LogP contribution in [-0.2, 0) is 25.5 Å². The third-order valence-corrected chi connectivity index (χ3v) is 3.25. The van der Waals surface area contributed by atoms with E-state index in [1.54, 1.807) is 11.9 Å². The van der Waals surface area contributed by atoms with E-state index in [9.17, 15) is 9.59 Å². The SMILES string of the molecule is CN1c2ccccc2CCC12OC(=O)C(=O)O2. The van der Waals surface area contributed by atoms with Gasteiger partial charge in [-0.05, 0) is 18.1 Å². The highest BCUT2D eigenvalue weighted by Gasteiger charge is 2.53. The molecule has 17 heavy (non-hydrogen) atoms. The van der Waals surface area contributed by atoms with Crippen LogP contribution in [0.4, 0.5) is 5.69 Å². The molecule has 0 aliphatic carbocycles. The first-order valence-corrected chi connectivity index (χ1v) is 5.40. The van der Waals surface area contributed by atoms with Gasteiger partial charge in [0.2, 0.25) is 0 Å². The average molecular weight is 233 g/mol. The highest BCUT2D eigenvalue weighted by Crippen LogP contribution is 2.39. The van der Waals surface area contributed by atoms with Crippen molar-refractivity contribution in [2.45, 2.75) is 18.8 Å². The Morgan fingerprint density at radius 2 is 1.82 bits per heavy atom. The number of carbonyl (C=O) groups is 2. The zero-order valence-electron chi connectivity index (χ0n) is 9.30. The minimum absolute atomic E-state index is 0.456. The van der Waals surface area contributed by atoms with Gasteiger partial charge in [-0.1, -0.05) is 18.2 Å². The summed E-state index contributed by atoms with van der Waals surface area (Å²) >= 11 is 0. The second-order valence-electron chi connectivity index (χ2n) is 4.18.